The molecule has 2 rings (SSSR count). The number of thioether (sulfide) groups is 1. The van der Waals surface area contributed by atoms with Crippen molar-refractivity contribution in [1.29, 1.82) is 0 Å². The van der Waals surface area contributed by atoms with Gasteiger partial charge in [-0.05, 0) is 19.3 Å². The highest BCUT2D eigenvalue weighted by Crippen LogP contribution is 2.34. The van der Waals surface area contributed by atoms with Crippen LogP contribution in [0.15, 0.2) is 4.99 Å². The van der Waals surface area contributed by atoms with E-state index in [0.717, 1.165) is 18.6 Å². The standard InChI is InChI=1S/C10H19N3O2S/c1-14-15-5-3-2-4-8-9-7(6-16-8)12-10(11)13-9/h7-9H,2-6H2,1H3,(H3,11,12,13)/t7-,8?,9-/m0/s1. The van der Waals surface area contributed by atoms with Gasteiger partial charge in [-0.2, -0.15) is 11.8 Å². The van der Waals surface area contributed by atoms with Gasteiger partial charge in [0.15, 0.2) is 5.96 Å². The SMILES string of the molecule is COOCCCCC1SC[C@@H]2NC(N)=N[C@H]12. The molecule has 0 aromatic carbocycles. The Labute approximate surface area is 100 Å². The van der Waals surface area contributed by atoms with E-state index in [1.54, 1.807) is 7.11 Å². The minimum atomic E-state index is 0.383. The van der Waals surface area contributed by atoms with Gasteiger partial charge in [0, 0.05) is 11.0 Å². The highest BCUT2D eigenvalue weighted by Gasteiger charge is 2.39. The lowest BCUT2D eigenvalue weighted by molar-refractivity contribution is -0.272. The van der Waals surface area contributed by atoms with Crippen LogP contribution in [0.2, 0.25) is 0 Å². The van der Waals surface area contributed by atoms with Crippen LogP contribution in [0.1, 0.15) is 19.3 Å². The number of aliphatic imine (C=N–C) groups is 1. The second-order valence-electron chi connectivity index (χ2n) is 4.11. The largest absolute Gasteiger partial charge is 0.370 e. The van der Waals surface area contributed by atoms with Crippen molar-refractivity contribution >= 4 is 17.7 Å². The van der Waals surface area contributed by atoms with Gasteiger partial charge in [-0.25, -0.2) is 14.8 Å². The molecule has 0 spiro atoms. The van der Waals surface area contributed by atoms with E-state index in [1.165, 1.54) is 6.42 Å². The summed E-state index contributed by atoms with van der Waals surface area (Å²) in [5.74, 6) is 1.73. The van der Waals surface area contributed by atoms with E-state index in [4.69, 9.17) is 10.6 Å². The highest BCUT2D eigenvalue weighted by atomic mass is 32.2. The van der Waals surface area contributed by atoms with E-state index >= 15 is 0 Å². The zero-order valence-electron chi connectivity index (χ0n) is 9.52. The van der Waals surface area contributed by atoms with Crippen LogP contribution in [0.5, 0.6) is 0 Å². The second kappa shape index (κ2) is 5.75. The Hall–Kier alpha value is -0.460. The number of hydrogen-bond acceptors (Lipinski definition) is 6. The summed E-state index contributed by atoms with van der Waals surface area (Å²) in [5.41, 5.74) is 5.67. The van der Waals surface area contributed by atoms with E-state index in [2.05, 4.69) is 15.2 Å². The van der Waals surface area contributed by atoms with Gasteiger partial charge in [0.1, 0.15) is 0 Å². The quantitative estimate of drug-likeness (QED) is 0.405. The van der Waals surface area contributed by atoms with Crippen LogP contribution in [0, 0.1) is 0 Å². The molecule has 3 N–H and O–H groups in total. The number of rotatable bonds is 6. The Morgan fingerprint density at radius 3 is 3.25 bits per heavy atom. The summed E-state index contributed by atoms with van der Waals surface area (Å²) in [6, 6.07) is 0.846. The maximum Gasteiger partial charge on any atom is 0.189 e. The summed E-state index contributed by atoms with van der Waals surface area (Å²) in [6.07, 6.45) is 3.37. The molecule has 0 aromatic heterocycles. The molecule has 0 amide bonds. The molecular weight excluding hydrogens is 226 g/mol. The van der Waals surface area contributed by atoms with Gasteiger partial charge in [0.05, 0.1) is 25.8 Å². The number of unbranched alkanes of at least 4 members (excludes halogenated alkanes) is 1. The molecule has 0 saturated carbocycles. The van der Waals surface area contributed by atoms with Crippen LogP contribution in [-0.4, -0.2) is 42.8 Å². The number of nitrogens with one attached hydrogen (secondary N) is 1. The third-order valence-electron chi connectivity index (χ3n) is 2.99. The van der Waals surface area contributed by atoms with Gasteiger partial charge in [0.2, 0.25) is 0 Å². The van der Waals surface area contributed by atoms with Crippen molar-refractivity contribution in [3.8, 4) is 0 Å². The van der Waals surface area contributed by atoms with Crippen LogP contribution < -0.4 is 11.1 Å². The molecule has 1 fully saturated rings. The minimum Gasteiger partial charge on any atom is -0.370 e. The molecule has 2 heterocycles. The van der Waals surface area contributed by atoms with Crippen molar-refractivity contribution < 1.29 is 9.78 Å². The van der Waals surface area contributed by atoms with Crippen molar-refractivity contribution in [3.05, 3.63) is 0 Å². The summed E-state index contributed by atoms with van der Waals surface area (Å²) >= 11 is 2.00. The first-order chi connectivity index (χ1) is 7.81. The monoisotopic (exact) mass is 245 g/mol. The Morgan fingerprint density at radius 1 is 1.56 bits per heavy atom. The van der Waals surface area contributed by atoms with Gasteiger partial charge in [-0.15, -0.1) is 0 Å². The van der Waals surface area contributed by atoms with Crippen molar-refractivity contribution in [1.82, 2.24) is 5.32 Å². The Balaban J connectivity index is 1.67. The predicted octanol–water partition coefficient (Wildman–Crippen LogP) is 0.505. The lowest BCUT2D eigenvalue weighted by Crippen LogP contribution is -2.38. The van der Waals surface area contributed by atoms with Gasteiger partial charge >= 0.3 is 0 Å². The first-order valence-electron chi connectivity index (χ1n) is 5.68. The first kappa shape index (κ1) is 12.0. The first-order valence-corrected chi connectivity index (χ1v) is 6.73. The molecule has 92 valence electrons. The molecule has 1 unspecified atom stereocenters. The average Bonchev–Trinajstić information content (AvgIpc) is 2.78. The fourth-order valence-electron chi connectivity index (χ4n) is 2.22. The van der Waals surface area contributed by atoms with Gasteiger partial charge in [-0.1, -0.05) is 0 Å². The number of nitrogens with zero attached hydrogens (tertiary/aromatic N) is 1. The molecule has 0 bridgehead atoms. The molecular formula is C10H19N3O2S. The molecule has 16 heavy (non-hydrogen) atoms. The van der Waals surface area contributed by atoms with Gasteiger partial charge < -0.3 is 11.1 Å². The van der Waals surface area contributed by atoms with E-state index in [0.29, 0.717) is 29.9 Å². The van der Waals surface area contributed by atoms with E-state index in [-0.39, 0.29) is 0 Å². The van der Waals surface area contributed by atoms with Crippen molar-refractivity contribution in [3.63, 3.8) is 0 Å². The number of hydrogen-bond donors (Lipinski definition) is 2. The normalized spacial score (nSPS) is 32.3. The third-order valence-corrected chi connectivity index (χ3v) is 4.48. The maximum absolute atomic E-state index is 5.67. The topological polar surface area (TPSA) is 68.9 Å². The van der Waals surface area contributed by atoms with Crippen LogP contribution in [-0.2, 0) is 9.78 Å². The Bertz CT molecular complexity index is 262. The third kappa shape index (κ3) is 2.81. The minimum absolute atomic E-state index is 0.383. The van der Waals surface area contributed by atoms with Crippen LogP contribution in [0.25, 0.3) is 0 Å². The van der Waals surface area contributed by atoms with Crippen molar-refractivity contribution in [2.24, 2.45) is 10.7 Å². The van der Waals surface area contributed by atoms with Crippen molar-refractivity contribution in [2.75, 3.05) is 19.5 Å². The highest BCUT2D eigenvalue weighted by molar-refractivity contribution is 8.00. The average molecular weight is 245 g/mol. The Morgan fingerprint density at radius 2 is 2.44 bits per heavy atom. The lowest BCUT2D eigenvalue weighted by Gasteiger charge is -2.13. The van der Waals surface area contributed by atoms with Crippen molar-refractivity contribution in [2.45, 2.75) is 36.6 Å². The molecule has 0 aromatic rings. The zero-order valence-corrected chi connectivity index (χ0v) is 10.3. The number of fused-ring (bicyclic) bond motifs is 1. The molecule has 2 aliphatic rings. The lowest BCUT2D eigenvalue weighted by atomic mass is 10.0. The summed E-state index contributed by atoms with van der Waals surface area (Å²) in [7, 11) is 1.54. The maximum atomic E-state index is 5.67. The van der Waals surface area contributed by atoms with E-state index < -0.39 is 0 Å². The number of guanidine groups is 1. The molecule has 3 atom stereocenters. The number of nitrogens with two attached hydrogens (primary N) is 1. The van der Waals surface area contributed by atoms with Crippen LogP contribution in [0.4, 0.5) is 0 Å². The summed E-state index contributed by atoms with van der Waals surface area (Å²) in [6.45, 7) is 0.672. The molecule has 6 heteroatoms. The smallest absolute Gasteiger partial charge is 0.189 e. The fraction of sp³-hybridized carbons (Fsp3) is 0.900. The zero-order chi connectivity index (χ0) is 11.4. The molecule has 0 aliphatic carbocycles. The summed E-state index contributed by atoms with van der Waals surface area (Å²) < 4.78 is 0. The molecule has 1 saturated heterocycles. The summed E-state index contributed by atoms with van der Waals surface area (Å²) in [5, 5.41) is 3.83. The predicted molar refractivity (Wildman–Crippen MR) is 65.4 cm³/mol. The van der Waals surface area contributed by atoms with Crippen LogP contribution >= 0.6 is 11.8 Å². The van der Waals surface area contributed by atoms with Gasteiger partial charge in [-0.3, -0.25) is 0 Å². The fourth-order valence-corrected chi connectivity index (χ4v) is 3.73. The Kier molecular flexibility index (Phi) is 4.31. The van der Waals surface area contributed by atoms with E-state index in [9.17, 15) is 0 Å². The van der Waals surface area contributed by atoms with Gasteiger partial charge in [0.25, 0.3) is 0 Å². The molecule has 2 aliphatic heterocycles. The van der Waals surface area contributed by atoms with Crippen LogP contribution in [0.3, 0.4) is 0 Å². The van der Waals surface area contributed by atoms with E-state index in [1.807, 2.05) is 11.8 Å². The second-order valence-corrected chi connectivity index (χ2v) is 5.38. The molecule has 0 radical (unpaired) electrons. The summed E-state index contributed by atoms with van der Waals surface area (Å²) in [4.78, 5) is 13.8. The molecule has 5 nitrogen and oxygen atoms in total.